The molecule has 6 nitrogen and oxygen atoms in total. The molecule has 0 atom stereocenters. The van der Waals surface area contributed by atoms with Crippen LogP contribution in [0, 0.1) is 12.3 Å². The van der Waals surface area contributed by atoms with Gasteiger partial charge < -0.3 is 20.3 Å². The van der Waals surface area contributed by atoms with Crippen LogP contribution in [0.5, 0.6) is 5.75 Å². The lowest BCUT2D eigenvalue weighted by atomic mass is 9.93. The van der Waals surface area contributed by atoms with Crippen molar-refractivity contribution in [2.75, 3.05) is 37.8 Å². The molecule has 1 amide bonds. The van der Waals surface area contributed by atoms with Crippen molar-refractivity contribution in [3.05, 3.63) is 65.7 Å². The number of amides is 1. The van der Waals surface area contributed by atoms with Crippen LogP contribution in [0.1, 0.15) is 25.0 Å². The number of halogens is 3. The second kappa shape index (κ2) is 11.0. The Morgan fingerprint density at radius 2 is 1.78 bits per heavy atom. The number of nitrogens with one attached hydrogen (secondary N) is 2. The number of anilines is 2. The summed E-state index contributed by atoms with van der Waals surface area (Å²) in [7, 11) is 4.11. The Morgan fingerprint density at radius 1 is 1.08 bits per heavy atom. The van der Waals surface area contributed by atoms with Crippen molar-refractivity contribution in [3.8, 4) is 5.75 Å². The zero-order valence-electron chi connectivity index (χ0n) is 21.0. The lowest BCUT2D eigenvalue weighted by Gasteiger charge is -2.28. The molecule has 0 saturated carbocycles. The van der Waals surface area contributed by atoms with E-state index in [2.05, 4.69) is 48.2 Å². The molecule has 0 aliphatic rings. The molecule has 0 radical (unpaired) electrons. The Hall–Kier alpha value is -3.59. The van der Waals surface area contributed by atoms with Crippen LogP contribution in [-0.2, 0) is 4.79 Å². The molecule has 0 saturated heterocycles. The van der Waals surface area contributed by atoms with Crippen LogP contribution >= 0.6 is 0 Å². The van der Waals surface area contributed by atoms with Gasteiger partial charge in [-0.1, -0.05) is 26.0 Å². The third kappa shape index (κ3) is 8.27. The highest BCUT2D eigenvalue weighted by Gasteiger charge is 2.30. The molecule has 1 heterocycles. The summed E-state index contributed by atoms with van der Waals surface area (Å²) in [6, 6.07) is 12.7. The van der Waals surface area contributed by atoms with Gasteiger partial charge in [0.2, 0.25) is 5.91 Å². The summed E-state index contributed by atoms with van der Waals surface area (Å²) < 4.78 is 40.6. The van der Waals surface area contributed by atoms with E-state index in [1.807, 2.05) is 25.1 Å². The summed E-state index contributed by atoms with van der Waals surface area (Å²) in [5.74, 6) is 0.120. The van der Waals surface area contributed by atoms with E-state index in [4.69, 9.17) is 4.98 Å². The number of aromatic nitrogens is 1. The second-order valence-electron chi connectivity index (χ2n) is 9.75. The number of pyridine rings is 1. The first-order chi connectivity index (χ1) is 16.8. The predicted molar refractivity (Wildman–Crippen MR) is 138 cm³/mol. The predicted octanol–water partition coefficient (Wildman–Crippen LogP) is 6.09. The van der Waals surface area contributed by atoms with Crippen molar-refractivity contribution < 1.29 is 22.7 Å². The van der Waals surface area contributed by atoms with Crippen LogP contribution in [0.2, 0.25) is 0 Å². The number of carbonyl (C=O) groups excluding carboxylic acids is 1. The number of fused-ring (bicyclic) bond motifs is 1. The van der Waals surface area contributed by atoms with E-state index >= 15 is 0 Å². The fraction of sp³-hybridized carbons (Fsp3) is 0.333. The molecule has 192 valence electrons. The molecule has 0 aliphatic heterocycles. The first kappa shape index (κ1) is 27.0. The molecule has 3 rings (SSSR count). The van der Waals surface area contributed by atoms with E-state index in [0.29, 0.717) is 11.3 Å². The first-order valence-corrected chi connectivity index (χ1v) is 11.4. The fourth-order valence-electron chi connectivity index (χ4n) is 3.94. The van der Waals surface area contributed by atoms with Crippen LogP contribution in [-0.4, -0.2) is 49.3 Å². The van der Waals surface area contributed by atoms with Gasteiger partial charge in [-0.3, -0.25) is 4.79 Å². The number of alkyl halides is 3. The first-order valence-electron chi connectivity index (χ1n) is 11.4. The average molecular weight is 501 g/mol. The fourth-order valence-corrected chi connectivity index (χ4v) is 3.94. The van der Waals surface area contributed by atoms with Crippen molar-refractivity contribution in [2.45, 2.75) is 27.1 Å². The number of carbonyl (C=O) groups is 1. The van der Waals surface area contributed by atoms with Gasteiger partial charge in [0.15, 0.2) is 0 Å². The highest BCUT2D eigenvalue weighted by molar-refractivity contribution is 6.03. The van der Waals surface area contributed by atoms with Gasteiger partial charge >= 0.3 is 6.36 Å². The molecule has 0 fully saturated rings. The van der Waals surface area contributed by atoms with Crippen molar-refractivity contribution in [3.63, 3.8) is 0 Å². The molecule has 9 heteroatoms. The third-order valence-electron chi connectivity index (χ3n) is 5.32. The summed E-state index contributed by atoms with van der Waals surface area (Å²) in [4.78, 5) is 19.2. The summed E-state index contributed by atoms with van der Waals surface area (Å²) in [6.45, 7) is 8.13. The number of nitrogens with zero attached hydrogens (tertiary/aromatic N) is 2. The van der Waals surface area contributed by atoms with E-state index in [1.54, 1.807) is 6.07 Å². The lowest BCUT2D eigenvalue weighted by molar-refractivity contribution is -0.274. The van der Waals surface area contributed by atoms with E-state index < -0.39 is 6.36 Å². The SMILES string of the molecule is Cc1cc(NCC(C)(C)CN(C)C)nc2ccc(NC(=O)/C=C/c3ccc(OC(F)(F)F)cc3)cc12. The minimum Gasteiger partial charge on any atom is -0.406 e. The Balaban J connectivity index is 1.64. The number of hydrogen-bond acceptors (Lipinski definition) is 5. The number of aryl methyl sites for hydroxylation is 1. The average Bonchev–Trinajstić information content (AvgIpc) is 2.76. The maximum atomic E-state index is 12.4. The normalized spacial score (nSPS) is 12.4. The topological polar surface area (TPSA) is 66.5 Å². The highest BCUT2D eigenvalue weighted by Crippen LogP contribution is 2.26. The lowest BCUT2D eigenvalue weighted by Crippen LogP contribution is -2.34. The van der Waals surface area contributed by atoms with Crippen LogP contribution in [0.4, 0.5) is 24.7 Å². The minimum absolute atomic E-state index is 0.0780. The van der Waals surface area contributed by atoms with Gasteiger partial charge in [0, 0.05) is 30.2 Å². The highest BCUT2D eigenvalue weighted by atomic mass is 19.4. The van der Waals surface area contributed by atoms with Gasteiger partial charge in [0.1, 0.15) is 11.6 Å². The van der Waals surface area contributed by atoms with E-state index in [0.717, 1.165) is 35.4 Å². The van der Waals surface area contributed by atoms with E-state index in [9.17, 15) is 18.0 Å². The molecule has 2 N–H and O–H groups in total. The third-order valence-corrected chi connectivity index (χ3v) is 5.32. The van der Waals surface area contributed by atoms with Gasteiger partial charge in [-0.25, -0.2) is 4.98 Å². The second-order valence-corrected chi connectivity index (χ2v) is 9.75. The Morgan fingerprint density at radius 3 is 2.42 bits per heavy atom. The van der Waals surface area contributed by atoms with Crippen molar-refractivity contribution in [1.29, 1.82) is 0 Å². The summed E-state index contributed by atoms with van der Waals surface area (Å²) in [6.07, 6.45) is -1.92. The summed E-state index contributed by atoms with van der Waals surface area (Å²) in [5, 5.41) is 7.17. The Labute approximate surface area is 209 Å². The summed E-state index contributed by atoms with van der Waals surface area (Å²) in [5.41, 5.74) is 3.10. The number of hydrogen-bond donors (Lipinski definition) is 2. The quantitative estimate of drug-likeness (QED) is 0.348. The van der Waals surface area contributed by atoms with Gasteiger partial charge in [0.25, 0.3) is 0 Å². The smallest absolute Gasteiger partial charge is 0.406 e. The van der Waals surface area contributed by atoms with Crippen LogP contribution in [0.3, 0.4) is 0 Å². The maximum Gasteiger partial charge on any atom is 0.573 e. The molecule has 0 aliphatic carbocycles. The maximum absolute atomic E-state index is 12.4. The zero-order chi connectivity index (χ0) is 26.5. The number of benzene rings is 2. The van der Waals surface area contributed by atoms with Gasteiger partial charge in [-0.2, -0.15) is 0 Å². The molecular weight excluding hydrogens is 469 g/mol. The van der Waals surface area contributed by atoms with Crippen LogP contribution in [0.25, 0.3) is 17.0 Å². The monoisotopic (exact) mass is 500 g/mol. The number of ether oxygens (including phenoxy) is 1. The molecule has 0 spiro atoms. The molecular formula is C27H31F3N4O2. The zero-order valence-corrected chi connectivity index (χ0v) is 21.0. The Bertz CT molecular complexity index is 1240. The van der Waals surface area contributed by atoms with Crippen molar-refractivity contribution in [2.24, 2.45) is 5.41 Å². The van der Waals surface area contributed by atoms with Crippen LogP contribution < -0.4 is 15.4 Å². The molecule has 1 aromatic heterocycles. The van der Waals surface area contributed by atoms with Gasteiger partial charge in [-0.05, 0) is 80.0 Å². The molecule has 2 aromatic carbocycles. The summed E-state index contributed by atoms with van der Waals surface area (Å²) >= 11 is 0. The van der Waals surface area contributed by atoms with Crippen LogP contribution in [0.15, 0.2) is 54.6 Å². The van der Waals surface area contributed by atoms with Crippen molar-refractivity contribution in [1.82, 2.24) is 9.88 Å². The van der Waals surface area contributed by atoms with Gasteiger partial charge in [-0.15, -0.1) is 13.2 Å². The van der Waals surface area contributed by atoms with Gasteiger partial charge in [0.05, 0.1) is 5.52 Å². The molecule has 0 unspecified atom stereocenters. The standard InChI is InChI=1S/C27H31F3N4O2/c1-18-14-24(31-16-26(2,3)17-34(4)5)33-23-12-9-20(15-22(18)23)32-25(35)13-8-19-6-10-21(11-7-19)36-27(28,29)30/h6-15H,16-17H2,1-5H3,(H,31,33)(H,32,35)/b13-8+. The molecule has 3 aromatic rings. The largest absolute Gasteiger partial charge is 0.573 e. The van der Waals surface area contributed by atoms with E-state index in [1.165, 1.54) is 36.4 Å². The molecule has 36 heavy (non-hydrogen) atoms. The minimum atomic E-state index is -4.74. The number of rotatable bonds is 9. The van der Waals surface area contributed by atoms with Crippen molar-refractivity contribution >= 4 is 34.4 Å². The Kier molecular flexibility index (Phi) is 8.24. The molecule has 0 bridgehead atoms. The van der Waals surface area contributed by atoms with E-state index in [-0.39, 0.29) is 17.1 Å².